The molecule has 17 heavy (non-hydrogen) atoms. The predicted molar refractivity (Wildman–Crippen MR) is 68.2 cm³/mol. The van der Waals surface area contributed by atoms with E-state index < -0.39 is 20.4 Å². The highest BCUT2D eigenvalue weighted by molar-refractivity contribution is 9.10. The molecule has 0 atom stereocenters. The van der Waals surface area contributed by atoms with Gasteiger partial charge in [-0.1, -0.05) is 15.9 Å². The molecule has 0 unspecified atom stereocenters. The van der Waals surface area contributed by atoms with Gasteiger partial charge in [0.2, 0.25) is 0 Å². The van der Waals surface area contributed by atoms with E-state index in [0.29, 0.717) is 4.47 Å². The highest BCUT2D eigenvalue weighted by Crippen LogP contribution is 2.28. The molecule has 0 spiro atoms. The maximum Gasteiger partial charge on any atom is 0.288 e. The van der Waals surface area contributed by atoms with Gasteiger partial charge in [0.15, 0.2) is 9.84 Å². The molecule has 0 N–H and O–H groups in total. The number of benzene rings is 1. The molecule has 8 heteroatoms. The van der Waals surface area contributed by atoms with E-state index in [4.69, 9.17) is 11.6 Å². The van der Waals surface area contributed by atoms with Crippen LogP contribution in [0.25, 0.3) is 0 Å². The minimum absolute atomic E-state index is 0.195. The largest absolute Gasteiger partial charge is 0.288 e. The summed E-state index contributed by atoms with van der Waals surface area (Å²) in [6.45, 7) is 0. The monoisotopic (exact) mass is 341 g/mol. The maximum absolute atomic E-state index is 11.9. The van der Waals surface area contributed by atoms with E-state index >= 15 is 0 Å². The Kier molecular flexibility index (Phi) is 4.91. The van der Waals surface area contributed by atoms with Crippen molar-refractivity contribution in [1.82, 2.24) is 0 Å². The molecule has 0 fully saturated rings. The lowest BCUT2D eigenvalue weighted by Crippen LogP contribution is -2.10. The molecular weight excluding hydrogens is 334 g/mol. The first kappa shape index (κ1) is 14.4. The summed E-state index contributed by atoms with van der Waals surface area (Å²) in [5.41, 5.74) is -0.414. The Hall–Kier alpha value is -0.660. The first-order valence-corrected chi connectivity index (χ1v) is 7.59. The van der Waals surface area contributed by atoms with Crippen molar-refractivity contribution in [3.8, 4) is 0 Å². The molecule has 0 saturated heterocycles. The van der Waals surface area contributed by atoms with Crippen LogP contribution in [0, 0.1) is 10.1 Å². The molecule has 0 aromatic heterocycles. The quantitative estimate of drug-likeness (QED) is 0.468. The summed E-state index contributed by atoms with van der Waals surface area (Å²) in [4.78, 5) is 9.77. The standard InChI is InChI=1S/C9H9BrClNO4S/c10-7-2-3-8(12(13)14)9(6-7)17(15,16)5-1-4-11/h2-3,6H,1,4-5H2. The SMILES string of the molecule is O=[N+]([O-])c1ccc(Br)cc1S(=O)(=O)CCCCl. The van der Waals surface area contributed by atoms with Crippen molar-refractivity contribution in [2.24, 2.45) is 0 Å². The summed E-state index contributed by atoms with van der Waals surface area (Å²) in [5, 5.41) is 10.8. The predicted octanol–water partition coefficient (Wildman–Crippen LogP) is 2.76. The van der Waals surface area contributed by atoms with Gasteiger partial charge in [-0.15, -0.1) is 11.6 Å². The normalized spacial score (nSPS) is 11.4. The molecule has 0 heterocycles. The highest BCUT2D eigenvalue weighted by Gasteiger charge is 2.25. The van der Waals surface area contributed by atoms with Crippen molar-refractivity contribution >= 4 is 43.1 Å². The Morgan fingerprint density at radius 3 is 2.59 bits per heavy atom. The van der Waals surface area contributed by atoms with Crippen LogP contribution in [-0.4, -0.2) is 25.0 Å². The lowest BCUT2D eigenvalue weighted by atomic mass is 10.3. The van der Waals surface area contributed by atoms with Gasteiger partial charge in [-0.05, 0) is 18.6 Å². The maximum atomic E-state index is 11.9. The third kappa shape index (κ3) is 3.65. The summed E-state index contributed by atoms with van der Waals surface area (Å²) in [6, 6.07) is 3.83. The van der Waals surface area contributed by atoms with Gasteiger partial charge in [0.1, 0.15) is 4.90 Å². The van der Waals surface area contributed by atoms with E-state index in [2.05, 4.69) is 15.9 Å². The van der Waals surface area contributed by atoms with Crippen LogP contribution in [0.4, 0.5) is 5.69 Å². The van der Waals surface area contributed by atoms with Crippen molar-refractivity contribution in [1.29, 1.82) is 0 Å². The molecule has 0 bridgehead atoms. The molecule has 1 rings (SSSR count). The molecule has 0 aliphatic carbocycles. The Bertz CT molecular complexity index is 532. The van der Waals surface area contributed by atoms with Gasteiger partial charge < -0.3 is 0 Å². The van der Waals surface area contributed by atoms with Gasteiger partial charge in [0.05, 0.1) is 10.7 Å². The van der Waals surface area contributed by atoms with Gasteiger partial charge >= 0.3 is 0 Å². The van der Waals surface area contributed by atoms with E-state index in [1.807, 2.05) is 0 Å². The summed E-state index contributed by atoms with van der Waals surface area (Å²) in [5.74, 6) is -0.00513. The zero-order valence-corrected chi connectivity index (χ0v) is 11.8. The Morgan fingerprint density at radius 1 is 1.41 bits per heavy atom. The van der Waals surface area contributed by atoms with E-state index in [0.717, 1.165) is 6.07 Å². The molecule has 0 aliphatic heterocycles. The van der Waals surface area contributed by atoms with Gasteiger partial charge in [-0.2, -0.15) is 0 Å². The number of rotatable bonds is 5. The number of hydrogen-bond donors (Lipinski definition) is 0. The van der Waals surface area contributed by atoms with Gasteiger partial charge in [-0.25, -0.2) is 8.42 Å². The van der Waals surface area contributed by atoms with Crippen LogP contribution in [0.15, 0.2) is 27.6 Å². The first-order chi connectivity index (χ1) is 7.88. The average molecular weight is 343 g/mol. The van der Waals surface area contributed by atoms with Crippen LogP contribution in [-0.2, 0) is 9.84 Å². The lowest BCUT2D eigenvalue weighted by molar-refractivity contribution is -0.387. The molecular formula is C9H9BrClNO4S. The fourth-order valence-electron chi connectivity index (χ4n) is 1.24. The lowest BCUT2D eigenvalue weighted by Gasteiger charge is -2.04. The Labute approximate surface area is 112 Å². The van der Waals surface area contributed by atoms with Crippen molar-refractivity contribution in [2.45, 2.75) is 11.3 Å². The third-order valence-electron chi connectivity index (χ3n) is 2.00. The number of nitrogens with zero attached hydrogens (tertiary/aromatic N) is 1. The van der Waals surface area contributed by atoms with Crippen LogP contribution < -0.4 is 0 Å². The molecule has 0 saturated carbocycles. The van der Waals surface area contributed by atoms with Gasteiger partial charge in [-0.3, -0.25) is 10.1 Å². The third-order valence-corrected chi connectivity index (χ3v) is 4.58. The van der Waals surface area contributed by atoms with Crippen LogP contribution in [0.2, 0.25) is 0 Å². The fourth-order valence-corrected chi connectivity index (χ4v) is 3.56. The second-order valence-electron chi connectivity index (χ2n) is 3.23. The fraction of sp³-hybridized carbons (Fsp3) is 0.333. The molecule has 5 nitrogen and oxygen atoms in total. The molecule has 0 amide bonds. The topological polar surface area (TPSA) is 77.3 Å². The van der Waals surface area contributed by atoms with Crippen LogP contribution in [0.5, 0.6) is 0 Å². The minimum atomic E-state index is -3.68. The number of nitro groups is 1. The van der Waals surface area contributed by atoms with Gasteiger partial charge in [0.25, 0.3) is 5.69 Å². The summed E-state index contributed by atoms with van der Waals surface area (Å²) in [7, 11) is -3.68. The van der Waals surface area contributed by atoms with Crippen LogP contribution in [0.3, 0.4) is 0 Å². The number of sulfone groups is 1. The highest BCUT2D eigenvalue weighted by atomic mass is 79.9. The zero-order valence-electron chi connectivity index (χ0n) is 8.60. The van der Waals surface area contributed by atoms with Crippen LogP contribution >= 0.6 is 27.5 Å². The number of hydrogen-bond acceptors (Lipinski definition) is 4. The van der Waals surface area contributed by atoms with Crippen molar-refractivity contribution in [3.63, 3.8) is 0 Å². The molecule has 0 radical (unpaired) electrons. The van der Waals surface area contributed by atoms with Crippen molar-refractivity contribution in [2.75, 3.05) is 11.6 Å². The molecule has 0 aliphatic rings. The Balaban J connectivity index is 3.28. The summed E-state index contributed by atoms with van der Waals surface area (Å²) in [6.07, 6.45) is 0.257. The molecule has 1 aromatic rings. The van der Waals surface area contributed by atoms with E-state index in [1.165, 1.54) is 12.1 Å². The summed E-state index contributed by atoms with van der Waals surface area (Å²) < 4.78 is 24.2. The van der Waals surface area contributed by atoms with Crippen molar-refractivity contribution in [3.05, 3.63) is 32.8 Å². The smallest absolute Gasteiger partial charge is 0.258 e. The minimum Gasteiger partial charge on any atom is -0.258 e. The van der Waals surface area contributed by atoms with Gasteiger partial charge in [0, 0.05) is 16.4 Å². The summed E-state index contributed by atoms with van der Waals surface area (Å²) >= 11 is 8.51. The second kappa shape index (κ2) is 5.79. The number of nitro benzene ring substituents is 1. The number of halogens is 2. The molecule has 1 aromatic carbocycles. The zero-order chi connectivity index (χ0) is 13.1. The second-order valence-corrected chi connectivity index (χ2v) is 6.60. The van der Waals surface area contributed by atoms with Crippen LogP contribution in [0.1, 0.15) is 6.42 Å². The van der Waals surface area contributed by atoms with Crippen molar-refractivity contribution < 1.29 is 13.3 Å². The van der Waals surface area contributed by atoms with E-state index in [-0.39, 0.29) is 22.9 Å². The van der Waals surface area contributed by atoms with E-state index in [9.17, 15) is 18.5 Å². The Morgan fingerprint density at radius 2 is 2.06 bits per heavy atom. The molecule has 94 valence electrons. The first-order valence-electron chi connectivity index (χ1n) is 4.61. The number of alkyl halides is 1. The average Bonchev–Trinajstić information content (AvgIpc) is 2.26. The van der Waals surface area contributed by atoms with E-state index in [1.54, 1.807) is 0 Å².